The fourth-order valence-corrected chi connectivity index (χ4v) is 2.04. The average Bonchev–Trinajstić information content (AvgIpc) is 2.70. The van der Waals surface area contributed by atoms with Gasteiger partial charge in [-0.1, -0.05) is 30.3 Å². The van der Waals surface area contributed by atoms with Gasteiger partial charge in [0.1, 0.15) is 5.69 Å². The normalized spacial score (nSPS) is 21.4. The van der Waals surface area contributed by atoms with Gasteiger partial charge in [0.15, 0.2) is 5.66 Å². The highest BCUT2D eigenvalue weighted by molar-refractivity contribution is 5.36. The number of anilines is 1. The lowest BCUT2D eigenvalue weighted by Gasteiger charge is -2.25. The predicted octanol–water partition coefficient (Wildman–Crippen LogP) is 0.598. The van der Waals surface area contributed by atoms with Crippen molar-refractivity contribution < 1.29 is 0 Å². The summed E-state index contributed by atoms with van der Waals surface area (Å²) in [5, 5.41) is 4.30. The number of aromatic nitrogens is 3. The second kappa shape index (κ2) is 3.64. The van der Waals surface area contributed by atoms with E-state index in [1.54, 1.807) is 11.6 Å². The third-order valence-electron chi connectivity index (χ3n) is 3.14. The van der Waals surface area contributed by atoms with Crippen LogP contribution in [0.3, 0.4) is 0 Å². The van der Waals surface area contributed by atoms with E-state index in [2.05, 4.69) is 20.9 Å². The molecule has 0 aliphatic carbocycles. The molecule has 1 aromatic carbocycles. The van der Waals surface area contributed by atoms with Crippen molar-refractivity contribution in [1.29, 1.82) is 0 Å². The fraction of sp³-hybridized carbons (Fsp3) is 0.250. The Morgan fingerprint density at radius 3 is 2.72 bits per heavy atom. The van der Waals surface area contributed by atoms with Gasteiger partial charge in [0.05, 0.1) is 0 Å². The quantitative estimate of drug-likeness (QED) is 0.767. The van der Waals surface area contributed by atoms with E-state index >= 15 is 0 Å². The van der Waals surface area contributed by atoms with Crippen LogP contribution in [0.2, 0.25) is 0 Å². The maximum Gasteiger partial charge on any atom is 0.296 e. The standard InChI is InChI=1S/C12H13N5O/c1-8-10(18)13-11-14-16-12(2,17(11)15-8)9-6-4-3-5-7-9/h3-7,16H,1-2H3,(H,13,14,18). The second-order valence-electron chi connectivity index (χ2n) is 4.43. The molecule has 0 saturated carbocycles. The van der Waals surface area contributed by atoms with Crippen molar-refractivity contribution in [2.24, 2.45) is 0 Å². The first kappa shape index (κ1) is 10.9. The number of nitrogens with zero attached hydrogens (tertiary/aromatic N) is 3. The molecule has 6 nitrogen and oxygen atoms in total. The van der Waals surface area contributed by atoms with Crippen LogP contribution in [-0.4, -0.2) is 14.8 Å². The van der Waals surface area contributed by atoms with Crippen molar-refractivity contribution in [3.8, 4) is 0 Å². The molecule has 0 saturated heterocycles. The third kappa shape index (κ3) is 1.42. The number of hydrogen-bond acceptors (Lipinski definition) is 5. The smallest absolute Gasteiger partial charge is 0.287 e. The van der Waals surface area contributed by atoms with Gasteiger partial charge in [-0.3, -0.25) is 10.2 Å². The van der Waals surface area contributed by atoms with Crippen LogP contribution in [0.1, 0.15) is 18.2 Å². The van der Waals surface area contributed by atoms with Crippen LogP contribution in [0.25, 0.3) is 0 Å². The number of hydrogen-bond donors (Lipinski definition) is 2. The molecule has 1 aromatic heterocycles. The molecule has 1 aliphatic rings. The highest BCUT2D eigenvalue weighted by Gasteiger charge is 2.37. The zero-order chi connectivity index (χ0) is 12.8. The highest BCUT2D eigenvalue weighted by atomic mass is 16.1. The Labute approximate surface area is 104 Å². The number of fused-ring (bicyclic) bond motifs is 1. The Morgan fingerprint density at radius 1 is 1.28 bits per heavy atom. The number of nitrogens with one attached hydrogen (secondary N) is 2. The van der Waals surface area contributed by atoms with Crippen LogP contribution in [0.4, 0.5) is 5.95 Å². The molecule has 0 bridgehead atoms. The van der Waals surface area contributed by atoms with E-state index < -0.39 is 5.66 Å². The lowest BCUT2D eigenvalue weighted by molar-refractivity contribution is 0.332. The zero-order valence-electron chi connectivity index (χ0n) is 10.1. The van der Waals surface area contributed by atoms with Crippen molar-refractivity contribution in [3.63, 3.8) is 0 Å². The molecular formula is C12H13N5O. The third-order valence-corrected chi connectivity index (χ3v) is 3.14. The molecule has 0 radical (unpaired) electrons. The van der Waals surface area contributed by atoms with E-state index in [4.69, 9.17) is 0 Å². The monoisotopic (exact) mass is 243 g/mol. The maximum atomic E-state index is 11.5. The Kier molecular flexibility index (Phi) is 2.21. The van der Waals surface area contributed by atoms with Crippen LogP contribution in [-0.2, 0) is 5.66 Å². The van der Waals surface area contributed by atoms with E-state index in [0.29, 0.717) is 11.6 Å². The van der Waals surface area contributed by atoms with Crippen molar-refractivity contribution in [1.82, 2.24) is 20.2 Å². The number of hydrazine groups is 1. The van der Waals surface area contributed by atoms with Crippen molar-refractivity contribution in [3.05, 3.63) is 51.9 Å². The Bertz CT molecular complexity index is 651. The van der Waals surface area contributed by atoms with Gasteiger partial charge in [-0.15, -0.1) is 0 Å². The van der Waals surface area contributed by atoms with E-state index in [1.165, 1.54) is 0 Å². The Morgan fingerprint density at radius 2 is 2.00 bits per heavy atom. The minimum Gasteiger partial charge on any atom is -0.287 e. The molecule has 2 aromatic rings. The molecule has 3 rings (SSSR count). The summed E-state index contributed by atoms with van der Waals surface area (Å²) in [4.78, 5) is 15.4. The van der Waals surface area contributed by atoms with Crippen LogP contribution in [0.15, 0.2) is 35.1 Å². The SMILES string of the molecule is Cc1nn2c(nc1=O)NNC2(C)c1ccccc1. The summed E-state index contributed by atoms with van der Waals surface area (Å²) in [7, 11) is 0. The van der Waals surface area contributed by atoms with Gasteiger partial charge < -0.3 is 0 Å². The minimum absolute atomic E-state index is 0.312. The maximum absolute atomic E-state index is 11.5. The first-order valence-electron chi connectivity index (χ1n) is 5.68. The first-order chi connectivity index (χ1) is 8.61. The number of aryl methyl sites for hydroxylation is 1. The molecule has 6 heteroatoms. The fourth-order valence-electron chi connectivity index (χ4n) is 2.04. The van der Waals surface area contributed by atoms with E-state index in [-0.39, 0.29) is 5.56 Å². The van der Waals surface area contributed by atoms with Gasteiger partial charge in [-0.2, -0.15) is 10.1 Å². The van der Waals surface area contributed by atoms with Crippen LogP contribution in [0.5, 0.6) is 0 Å². The molecule has 2 heterocycles. The molecule has 2 N–H and O–H groups in total. The molecule has 0 fully saturated rings. The summed E-state index contributed by atoms with van der Waals surface area (Å²) in [5.74, 6) is 0.428. The molecule has 1 unspecified atom stereocenters. The Balaban J connectivity index is 2.20. The molecule has 0 spiro atoms. The summed E-state index contributed by atoms with van der Waals surface area (Å²) in [6.07, 6.45) is 0. The molecule has 92 valence electrons. The van der Waals surface area contributed by atoms with Gasteiger partial charge in [-0.25, -0.2) is 10.1 Å². The topological polar surface area (TPSA) is 71.8 Å². The van der Waals surface area contributed by atoms with Crippen molar-refractivity contribution >= 4 is 5.95 Å². The molecule has 1 atom stereocenters. The van der Waals surface area contributed by atoms with Gasteiger partial charge in [-0.05, 0) is 19.4 Å². The van der Waals surface area contributed by atoms with Crippen LogP contribution >= 0.6 is 0 Å². The second-order valence-corrected chi connectivity index (χ2v) is 4.43. The van der Waals surface area contributed by atoms with Crippen LogP contribution in [0, 0.1) is 6.92 Å². The summed E-state index contributed by atoms with van der Waals surface area (Å²) in [6.45, 7) is 3.64. The average molecular weight is 243 g/mol. The predicted molar refractivity (Wildman–Crippen MR) is 67.0 cm³/mol. The molecule has 18 heavy (non-hydrogen) atoms. The summed E-state index contributed by atoms with van der Waals surface area (Å²) in [6, 6.07) is 9.88. The van der Waals surface area contributed by atoms with E-state index in [9.17, 15) is 4.79 Å². The number of benzene rings is 1. The highest BCUT2D eigenvalue weighted by Crippen LogP contribution is 2.28. The van der Waals surface area contributed by atoms with Gasteiger partial charge in [0, 0.05) is 0 Å². The first-order valence-corrected chi connectivity index (χ1v) is 5.68. The van der Waals surface area contributed by atoms with Crippen molar-refractivity contribution in [2.75, 3.05) is 5.43 Å². The molecule has 1 aliphatic heterocycles. The van der Waals surface area contributed by atoms with E-state index in [1.807, 2.05) is 37.3 Å². The minimum atomic E-state index is -0.554. The van der Waals surface area contributed by atoms with Crippen molar-refractivity contribution in [2.45, 2.75) is 19.5 Å². The molecular weight excluding hydrogens is 230 g/mol. The lowest BCUT2D eigenvalue weighted by atomic mass is 10.0. The molecule has 0 amide bonds. The lowest BCUT2D eigenvalue weighted by Crippen LogP contribution is -2.42. The number of rotatable bonds is 1. The summed E-state index contributed by atoms with van der Waals surface area (Å²) >= 11 is 0. The van der Waals surface area contributed by atoms with Gasteiger partial charge in [0.25, 0.3) is 5.56 Å². The Hall–Kier alpha value is -2.21. The zero-order valence-corrected chi connectivity index (χ0v) is 10.1. The van der Waals surface area contributed by atoms with Crippen LogP contribution < -0.4 is 16.4 Å². The summed E-state index contributed by atoms with van der Waals surface area (Å²) in [5.41, 5.74) is 6.57. The van der Waals surface area contributed by atoms with Gasteiger partial charge >= 0.3 is 0 Å². The van der Waals surface area contributed by atoms with E-state index in [0.717, 1.165) is 5.56 Å². The largest absolute Gasteiger partial charge is 0.296 e. The van der Waals surface area contributed by atoms with Gasteiger partial charge in [0.2, 0.25) is 5.95 Å². The summed E-state index contributed by atoms with van der Waals surface area (Å²) < 4.78 is 1.69.